The van der Waals surface area contributed by atoms with Crippen molar-refractivity contribution in [2.24, 2.45) is 5.10 Å². The zero-order valence-electron chi connectivity index (χ0n) is 13.4. The minimum Gasteiger partial charge on any atom is -0.497 e. The Labute approximate surface area is 149 Å². The van der Waals surface area contributed by atoms with Crippen LogP contribution in [0.3, 0.4) is 0 Å². The summed E-state index contributed by atoms with van der Waals surface area (Å²) in [6, 6.07) is 16.2. The molecule has 126 valence electrons. The highest BCUT2D eigenvalue weighted by Crippen LogP contribution is 2.20. The summed E-state index contributed by atoms with van der Waals surface area (Å²) >= 11 is 5.87. The number of rotatable bonds is 5. The summed E-state index contributed by atoms with van der Waals surface area (Å²) < 4.78 is 5.13. The van der Waals surface area contributed by atoms with Gasteiger partial charge in [-0.3, -0.25) is 9.89 Å². The lowest BCUT2D eigenvalue weighted by Gasteiger charge is -2.00. The minimum atomic E-state index is -0.383. The van der Waals surface area contributed by atoms with Gasteiger partial charge in [-0.15, -0.1) is 0 Å². The predicted octanol–water partition coefficient (Wildman–Crippen LogP) is 3.50. The summed E-state index contributed by atoms with van der Waals surface area (Å²) in [7, 11) is 1.59. The predicted molar refractivity (Wildman–Crippen MR) is 97.1 cm³/mol. The zero-order valence-corrected chi connectivity index (χ0v) is 14.1. The normalized spacial score (nSPS) is 10.8. The van der Waals surface area contributed by atoms with Crippen LogP contribution in [0.25, 0.3) is 11.3 Å². The molecule has 1 heterocycles. The van der Waals surface area contributed by atoms with Gasteiger partial charge in [-0.1, -0.05) is 35.9 Å². The van der Waals surface area contributed by atoms with Crippen LogP contribution in [0, 0.1) is 0 Å². The molecule has 1 aromatic heterocycles. The van der Waals surface area contributed by atoms with E-state index in [1.165, 1.54) is 6.21 Å². The number of ether oxygens (including phenoxy) is 1. The highest BCUT2D eigenvalue weighted by molar-refractivity contribution is 6.30. The first-order valence-corrected chi connectivity index (χ1v) is 7.82. The number of benzene rings is 2. The topological polar surface area (TPSA) is 79.4 Å². The fourth-order valence-corrected chi connectivity index (χ4v) is 2.28. The van der Waals surface area contributed by atoms with E-state index in [0.717, 1.165) is 16.9 Å². The molecule has 0 saturated heterocycles. The van der Waals surface area contributed by atoms with Gasteiger partial charge >= 0.3 is 0 Å². The van der Waals surface area contributed by atoms with Crippen LogP contribution >= 0.6 is 11.6 Å². The van der Waals surface area contributed by atoms with Crippen molar-refractivity contribution in [3.63, 3.8) is 0 Å². The average molecular weight is 355 g/mol. The lowest BCUT2D eigenvalue weighted by Crippen LogP contribution is -2.18. The summed E-state index contributed by atoms with van der Waals surface area (Å²) in [5.41, 5.74) is 5.09. The van der Waals surface area contributed by atoms with E-state index in [1.54, 1.807) is 25.3 Å². The SMILES string of the molecule is COc1cccc(/C=N/NC(=O)c2cc(-c3ccc(Cl)cc3)n[nH]2)c1. The van der Waals surface area contributed by atoms with E-state index in [2.05, 4.69) is 20.7 Å². The quantitative estimate of drug-likeness (QED) is 0.543. The van der Waals surface area contributed by atoms with Gasteiger partial charge in [0.05, 0.1) is 19.0 Å². The summed E-state index contributed by atoms with van der Waals surface area (Å²) in [5, 5.41) is 11.4. The number of aromatic amines is 1. The lowest BCUT2D eigenvalue weighted by atomic mass is 10.1. The van der Waals surface area contributed by atoms with Gasteiger partial charge in [0, 0.05) is 10.6 Å². The molecule has 0 unspecified atom stereocenters. The van der Waals surface area contributed by atoms with Crippen molar-refractivity contribution in [2.45, 2.75) is 0 Å². The maximum atomic E-state index is 12.1. The third-order valence-electron chi connectivity index (χ3n) is 3.44. The molecule has 2 aromatic carbocycles. The molecule has 0 spiro atoms. The Kier molecular flexibility index (Phi) is 5.11. The summed E-state index contributed by atoms with van der Waals surface area (Å²) in [6.45, 7) is 0. The Hall–Kier alpha value is -3.12. The second kappa shape index (κ2) is 7.63. The van der Waals surface area contributed by atoms with E-state index < -0.39 is 0 Å². The molecule has 0 atom stereocenters. The van der Waals surface area contributed by atoms with Crippen LogP contribution in [0.2, 0.25) is 5.02 Å². The van der Waals surface area contributed by atoms with E-state index >= 15 is 0 Å². The minimum absolute atomic E-state index is 0.313. The van der Waals surface area contributed by atoms with Crippen molar-refractivity contribution in [3.8, 4) is 17.0 Å². The van der Waals surface area contributed by atoms with Crippen LogP contribution in [0.5, 0.6) is 5.75 Å². The second-order valence-electron chi connectivity index (χ2n) is 5.15. The smallest absolute Gasteiger partial charge is 0.289 e. The Morgan fingerprint density at radius 3 is 2.80 bits per heavy atom. The highest BCUT2D eigenvalue weighted by atomic mass is 35.5. The largest absolute Gasteiger partial charge is 0.497 e. The van der Waals surface area contributed by atoms with E-state index in [-0.39, 0.29) is 5.91 Å². The first-order chi connectivity index (χ1) is 12.2. The van der Waals surface area contributed by atoms with Crippen molar-refractivity contribution >= 4 is 23.7 Å². The summed E-state index contributed by atoms with van der Waals surface area (Å²) in [4.78, 5) is 12.1. The first-order valence-electron chi connectivity index (χ1n) is 7.44. The molecule has 0 saturated carbocycles. The number of aromatic nitrogens is 2. The van der Waals surface area contributed by atoms with E-state index in [1.807, 2.05) is 36.4 Å². The molecule has 3 rings (SSSR count). The molecular formula is C18H15ClN4O2. The summed E-state index contributed by atoms with van der Waals surface area (Å²) in [5.74, 6) is 0.336. The Balaban J connectivity index is 1.65. The van der Waals surface area contributed by atoms with E-state index in [0.29, 0.717) is 16.4 Å². The van der Waals surface area contributed by atoms with Gasteiger partial charge in [-0.2, -0.15) is 10.2 Å². The molecule has 0 radical (unpaired) electrons. The van der Waals surface area contributed by atoms with E-state index in [9.17, 15) is 4.79 Å². The number of hydrogen-bond donors (Lipinski definition) is 2. The standard InChI is InChI=1S/C18H15ClN4O2/c1-25-15-4-2-3-12(9-15)11-20-23-18(24)17-10-16(21-22-17)13-5-7-14(19)8-6-13/h2-11H,1H3,(H,21,22)(H,23,24)/b20-11+. The first kappa shape index (κ1) is 16.7. The van der Waals surface area contributed by atoms with Crippen LogP contribution < -0.4 is 10.2 Å². The number of nitrogens with one attached hydrogen (secondary N) is 2. The van der Waals surface area contributed by atoms with Crippen LogP contribution in [0.1, 0.15) is 16.1 Å². The van der Waals surface area contributed by atoms with Gasteiger partial charge in [-0.05, 0) is 35.9 Å². The molecule has 0 aliphatic heterocycles. The van der Waals surface area contributed by atoms with Gasteiger partial charge in [0.15, 0.2) is 0 Å². The van der Waals surface area contributed by atoms with Crippen molar-refractivity contribution < 1.29 is 9.53 Å². The molecule has 1 amide bonds. The van der Waals surface area contributed by atoms with Crippen LogP contribution in [-0.4, -0.2) is 29.4 Å². The third-order valence-corrected chi connectivity index (χ3v) is 3.69. The molecule has 0 aliphatic rings. The molecule has 7 heteroatoms. The van der Waals surface area contributed by atoms with Crippen molar-refractivity contribution in [3.05, 3.63) is 70.9 Å². The van der Waals surface area contributed by atoms with Gasteiger partial charge in [0.25, 0.3) is 5.91 Å². The molecule has 6 nitrogen and oxygen atoms in total. The molecule has 25 heavy (non-hydrogen) atoms. The van der Waals surface area contributed by atoms with Crippen molar-refractivity contribution in [1.29, 1.82) is 0 Å². The number of methoxy groups -OCH3 is 1. The van der Waals surface area contributed by atoms with Crippen LogP contribution in [0.4, 0.5) is 0 Å². The number of halogens is 1. The maximum absolute atomic E-state index is 12.1. The van der Waals surface area contributed by atoms with Crippen molar-refractivity contribution in [2.75, 3.05) is 7.11 Å². The lowest BCUT2D eigenvalue weighted by molar-refractivity contribution is 0.0950. The Bertz CT molecular complexity index is 903. The van der Waals surface area contributed by atoms with Crippen LogP contribution in [0.15, 0.2) is 59.7 Å². The third kappa shape index (κ3) is 4.24. The second-order valence-corrected chi connectivity index (χ2v) is 5.59. The number of hydrazone groups is 1. The molecule has 0 fully saturated rings. The average Bonchev–Trinajstić information content (AvgIpc) is 3.12. The maximum Gasteiger partial charge on any atom is 0.289 e. The molecule has 0 bridgehead atoms. The van der Waals surface area contributed by atoms with E-state index in [4.69, 9.17) is 16.3 Å². The van der Waals surface area contributed by atoms with Gasteiger partial charge in [0.1, 0.15) is 11.4 Å². The van der Waals surface area contributed by atoms with Crippen LogP contribution in [-0.2, 0) is 0 Å². The Morgan fingerprint density at radius 2 is 2.04 bits per heavy atom. The fourth-order valence-electron chi connectivity index (χ4n) is 2.15. The molecule has 0 aliphatic carbocycles. The monoisotopic (exact) mass is 354 g/mol. The number of carbonyl (C=O) groups is 1. The van der Waals surface area contributed by atoms with Gasteiger partial charge in [0.2, 0.25) is 0 Å². The van der Waals surface area contributed by atoms with Gasteiger partial charge < -0.3 is 4.74 Å². The number of hydrogen-bond acceptors (Lipinski definition) is 4. The Morgan fingerprint density at radius 1 is 1.24 bits per heavy atom. The number of carbonyl (C=O) groups excluding carboxylic acids is 1. The number of amides is 1. The molecular weight excluding hydrogens is 340 g/mol. The molecule has 2 N–H and O–H groups in total. The summed E-state index contributed by atoms with van der Waals surface area (Å²) in [6.07, 6.45) is 1.54. The zero-order chi connectivity index (χ0) is 17.6. The number of nitrogens with zero attached hydrogens (tertiary/aromatic N) is 2. The van der Waals surface area contributed by atoms with Crippen molar-refractivity contribution in [1.82, 2.24) is 15.6 Å². The van der Waals surface area contributed by atoms with Gasteiger partial charge in [-0.25, -0.2) is 5.43 Å². The highest BCUT2D eigenvalue weighted by Gasteiger charge is 2.10. The molecule has 3 aromatic rings. The number of H-pyrrole nitrogens is 1. The fraction of sp³-hybridized carbons (Fsp3) is 0.0556.